The van der Waals surface area contributed by atoms with Crippen LogP contribution >= 0.6 is 11.3 Å². The molecule has 0 aliphatic heterocycles. The van der Waals surface area contributed by atoms with E-state index in [0.29, 0.717) is 5.84 Å². The Balaban J connectivity index is 2.28. The molecule has 0 atom stereocenters. The summed E-state index contributed by atoms with van der Waals surface area (Å²) in [4.78, 5) is 7.86. The summed E-state index contributed by atoms with van der Waals surface area (Å²) < 4.78 is 5.46. The maximum absolute atomic E-state index is 6.06. The van der Waals surface area contributed by atoms with Crippen molar-refractivity contribution >= 4 is 22.9 Å². The number of ether oxygens (including phenoxy) is 1. The van der Waals surface area contributed by atoms with Crippen LogP contribution in [0.4, 0.5) is 5.69 Å². The molecular weight excluding hydrogens is 294 g/mol. The van der Waals surface area contributed by atoms with Crippen molar-refractivity contribution in [2.24, 2.45) is 10.7 Å². The summed E-state index contributed by atoms with van der Waals surface area (Å²) in [6, 6.07) is 9.90. The van der Waals surface area contributed by atoms with Gasteiger partial charge in [-0.25, -0.2) is 4.99 Å². The largest absolute Gasteiger partial charge is 0.496 e. The number of hydrogen-bond donors (Lipinski definition) is 1. The Hall–Kier alpha value is -1.85. The second-order valence-corrected chi connectivity index (χ2v) is 5.88. The molecule has 1 aromatic heterocycles. The van der Waals surface area contributed by atoms with E-state index in [0.717, 1.165) is 41.5 Å². The molecule has 22 heavy (non-hydrogen) atoms. The predicted molar refractivity (Wildman–Crippen MR) is 94.3 cm³/mol. The Morgan fingerprint density at radius 3 is 2.64 bits per heavy atom. The van der Waals surface area contributed by atoms with Crippen LogP contribution in [0.1, 0.15) is 24.3 Å². The summed E-state index contributed by atoms with van der Waals surface area (Å²) in [6.07, 6.45) is 0. The van der Waals surface area contributed by atoms with E-state index in [1.807, 2.05) is 29.6 Å². The highest BCUT2D eigenvalue weighted by atomic mass is 32.1. The third kappa shape index (κ3) is 4.08. The van der Waals surface area contributed by atoms with Crippen molar-refractivity contribution in [1.29, 1.82) is 0 Å². The van der Waals surface area contributed by atoms with Crippen LogP contribution in [-0.2, 0) is 6.54 Å². The predicted octanol–water partition coefficient (Wildman–Crippen LogP) is 3.64. The summed E-state index contributed by atoms with van der Waals surface area (Å²) in [5, 5.41) is 2.00. The molecule has 0 saturated carbocycles. The average molecular weight is 317 g/mol. The molecular formula is C17H23N3OS. The molecule has 0 aliphatic carbocycles. The van der Waals surface area contributed by atoms with Gasteiger partial charge in [0.1, 0.15) is 11.6 Å². The number of benzene rings is 1. The summed E-state index contributed by atoms with van der Waals surface area (Å²) in [5.41, 5.74) is 8.05. The van der Waals surface area contributed by atoms with Gasteiger partial charge in [-0.05, 0) is 42.7 Å². The molecule has 0 radical (unpaired) electrons. The van der Waals surface area contributed by atoms with Crippen LogP contribution in [0.3, 0.4) is 0 Å². The van der Waals surface area contributed by atoms with Crippen molar-refractivity contribution in [2.75, 3.05) is 20.2 Å². The SMILES string of the molecule is CCN(CC)Cc1cc(N=C(N)c2cccs2)ccc1OC. The first-order chi connectivity index (χ1) is 10.7. The number of amidine groups is 1. The number of aliphatic imine (C=N–C) groups is 1. The first-order valence-electron chi connectivity index (χ1n) is 7.45. The van der Waals surface area contributed by atoms with Gasteiger partial charge in [0.25, 0.3) is 0 Å². The first-order valence-corrected chi connectivity index (χ1v) is 8.33. The number of hydrogen-bond acceptors (Lipinski definition) is 4. The molecule has 0 spiro atoms. The zero-order chi connectivity index (χ0) is 15.9. The molecule has 118 valence electrons. The topological polar surface area (TPSA) is 50.8 Å². The molecule has 4 nitrogen and oxygen atoms in total. The van der Waals surface area contributed by atoms with Crippen LogP contribution in [0.2, 0.25) is 0 Å². The molecule has 2 N–H and O–H groups in total. The second-order valence-electron chi connectivity index (χ2n) is 4.93. The molecule has 0 amide bonds. The van der Waals surface area contributed by atoms with Gasteiger partial charge in [-0.3, -0.25) is 4.90 Å². The molecule has 0 unspecified atom stereocenters. The van der Waals surface area contributed by atoms with Gasteiger partial charge in [0.05, 0.1) is 17.7 Å². The van der Waals surface area contributed by atoms with E-state index in [1.165, 1.54) is 0 Å². The fraction of sp³-hybridized carbons (Fsp3) is 0.353. The number of methoxy groups -OCH3 is 1. The van der Waals surface area contributed by atoms with E-state index in [1.54, 1.807) is 18.4 Å². The molecule has 2 aromatic rings. The van der Waals surface area contributed by atoms with E-state index in [-0.39, 0.29) is 0 Å². The summed E-state index contributed by atoms with van der Waals surface area (Å²) in [7, 11) is 1.70. The van der Waals surface area contributed by atoms with Crippen LogP contribution in [0.25, 0.3) is 0 Å². The van der Waals surface area contributed by atoms with E-state index < -0.39 is 0 Å². The van der Waals surface area contributed by atoms with Gasteiger partial charge in [0.2, 0.25) is 0 Å². The normalized spacial score (nSPS) is 11.9. The molecule has 0 bridgehead atoms. The van der Waals surface area contributed by atoms with Crippen molar-refractivity contribution in [1.82, 2.24) is 4.90 Å². The highest BCUT2D eigenvalue weighted by molar-refractivity contribution is 7.12. The minimum atomic E-state index is 0.550. The summed E-state index contributed by atoms with van der Waals surface area (Å²) in [5.74, 6) is 1.44. The minimum absolute atomic E-state index is 0.550. The lowest BCUT2D eigenvalue weighted by Crippen LogP contribution is -2.22. The molecule has 1 heterocycles. The highest BCUT2D eigenvalue weighted by Gasteiger charge is 2.09. The zero-order valence-electron chi connectivity index (χ0n) is 13.4. The lowest BCUT2D eigenvalue weighted by molar-refractivity contribution is 0.289. The quantitative estimate of drug-likeness (QED) is 0.626. The minimum Gasteiger partial charge on any atom is -0.496 e. The maximum Gasteiger partial charge on any atom is 0.141 e. The van der Waals surface area contributed by atoms with Crippen LogP contribution in [-0.4, -0.2) is 30.9 Å². The standard InChI is InChI=1S/C17H23N3OS/c1-4-20(5-2)12-13-11-14(8-9-15(13)21-3)19-17(18)16-7-6-10-22-16/h6-11H,4-5,12H2,1-3H3,(H2,18,19). The maximum atomic E-state index is 6.06. The molecule has 2 rings (SSSR count). The zero-order valence-corrected chi connectivity index (χ0v) is 14.2. The highest BCUT2D eigenvalue weighted by Crippen LogP contribution is 2.26. The van der Waals surface area contributed by atoms with Gasteiger partial charge in [0, 0.05) is 12.1 Å². The smallest absolute Gasteiger partial charge is 0.141 e. The van der Waals surface area contributed by atoms with Gasteiger partial charge in [-0.2, -0.15) is 0 Å². The number of nitrogens with zero attached hydrogens (tertiary/aromatic N) is 2. The molecule has 5 heteroatoms. The number of nitrogens with two attached hydrogens (primary N) is 1. The monoisotopic (exact) mass is 317 g/mol. The molecule has 0 saturated heterocycles. The Morgan fingerprint density at radius 2 is 2.05 bits per heavy atom. The lowest BCUT2D eigenvalue weighted by Gasteiger charge is -2.19. The average Bonchev–Trinajstić information content (AvgIpc) is 3.07. The Morgan fingerprint density at radius 1 is 1.27 bits per heavy atom. The van der Waals surface area contributed by atoms with Crippen LogP contribution < -0.4 is 10.5 Å². The lowest BCUT2D eigenvalue weighted by atomic mass is 10.1. The summed E-state index contributed by atoms with van der Waals surface area (Å²) >= 11 is 1.59. The van der Waals surface area contributed by atoms with E-state index in [4.69, 9.17) is 10.5 Å². The Kier molecular flexibility index (Phi) is 5.98. The van der Waals surface area contributed by atoms with E-state index in [2.05, 4.69) is 29.8 Å². The van der Waals surface area contributed by atoms with Crippen molar-refractivity contribution in [2.45, 2.75) is 20.4 Å². The Bertz CT molecular complexity index is 619. The van der Waals surface area contributed by atoms with Gasteiger partial charge >= 0.3 is 0 Å². The Labute approximate surface area is 136 Å². The van der Waals surface area contributed by atoms with Crippen molar-refractivity contribution in [3.63, 3.8) is 0 Å². The van der Waals surface area contributed by atoms with Crippen LogP contribution in [0.15, 0.2) is 40.7 Å². The van der Waals surface area contributed by atoms with E-state index >= 15 is 0 Å². The third-order valence-corrected chi connectivity index (χ3v) is 4.47. The fourth-order valence-corrected chi connectivity index (χ4v) is 2.89. The first kappa shape index (κ1) is 16.5. The second kappa shape index (κ2) is 7.96. The van der Waals surface area contributed by atoms with Crippen molar-refractivity contribution in [3.05, 3.63) is 46.2 Å². The van der Waals surface area contributed by atoms with Crippen molar-refractivity contribution < 1.29 is 4.74 Å². The van der Waals surface area contributed by atoms with E-state index in [9.17, 15) is 0 Å². The van der Waals surface area contributed by atoms with Gasteiger partial charge in [-0.1, -0.05) is 19.9 Å². The van der Waals surface area contributed by atoms with Gasteiger partial charge < -0.3 is 10.5 Å². The van der Waals surface area contributed by atoms with Gasteiger partial charge in [0.15, 0.2) is 0 Å². The van der Waals surface area contributed by atoms with Crippen LogP contribution in [0, 0.1) is 0 Å². The molecule has 0 fully saturated rings. The third-order valence-electron chi connectivity index (χ3n) is 3.58. The van der Waals surface area contributed by atoms with Gasteiger partial charge in [-0.15, -0.1) is 11.3 Å². The van der Waals surface area contributed by atoms with Crippen molar-refractivity contribution in [3.8, 4) is 5.75 Å². The number of rotatable bonds is 7. The summed E-state index contributed by atoms with van der Waals surface area (Å²) in [6.45, 7) is 7.17. The molecule has 0 aliphatic rings. The number of thiophene rings is 1. The molecule has 1 aromatic carbocycles. The fourth-order valence-electron chi connectivity index (χ4n) is 2.26. The van der Waals surface area contributed by atoms with Crippen LogP contribution in [0.5, 0.6) is 5.75 Å².